The first-order valence-electron chi connectivity index (χ1n) is 9.90. The quantitative estimate of drug-likeness (QED) is 0.353. The number of benzene rings is 2. The first kappa shape index (κ1) is 20.0. The summed E-state index contributed by atoms with van der Waals surface area (Å²) in [6.45, 7) is 0.237. The number of amides is 1. The number of ether oxygens (including phenoxy) is 2. The molecule has 0 N–H and O–H groups in total. The molecule has 5 aromatic rings. The van der Waals surface area contributed by atoms with Crippen LogP contribution in [0.5, 0.6) is 11.5 Å². The Balaban J connectivity index is 1.63. The van der Waals surface area contributed by atoms with Crippen LogP contribution < -0.4 is 14.4 Å². The number of fused-ring (bicyclic) bond motifs is 2. The zero-order chi connectivity index (χ0) is 22.1. The first-order chi connectivity index (χ1) is 15.7. The van der Waals surface area contributed by atoms with Crippen LogP contribution in [-0.4, -0.2) is 30.1 Å². The minimum absolute atomic E-state index is 0.236. The summed E-state index contributed by atoms with van der Waals surface area (Å²) >= 11 is 1.35. The maximum Gasteiger partial charge on any atom is 0.296 e. The maximum absolute atomic E-state index is 13.6. The molecule has 0 spiro atoms. The molecule has 0 unspecified atom stereocenters. The van der Waals surface area contributed by atoms with Crippen LogP contribution in [-0.2, 0) is 6.54 Å². The van der Waals surface area contributed by atoms with Crippen molar-refractivity contribution in [1.29, 1.82) is 0 Å². The van der Waals surface area contributed by atoms with Gasteiger partial charge in [0.2, 0.25) is 0 Å². The summed E-state index contributed by atoms with van der Waals surface area (Å²) in [6.07, 6.45) is 1.70. The van der Waals surface area contributed by atoms with Gasteiger partial charge in [-0.3, -0.25) is 14.7 Å². The Hall–Kier alpha value is -3.91. The number of aromatic nitrogens is 2. The molecule has 0 aliphatic rings. The van der Waals surface area contributed by atoms with Gasteiger partial charge in [-0.05, 0) is 36.4 Å². The topological polar surface area (TPSA) is 77.7 Å². The van der Waals surface area contributed by atoms with Gasteiger partial charge in [-0.1, -0.05) is 35.6 Å². The fourth-order valence-electron chi connectivity index (χ4n) is 3.49. The van der Waals surface area contributed by atoms with Crippen molar-refractivity contribution in [3.8, 4) is 11.5 Å². The van der Waals surface area contributed by atoms with Crippen molar-refractivity contribution < 1.29 is 18.7 Å². The number of anilines is 1. The van der Waals surface area contributed by atoms with E-state index in [2.05, 4.69) is 4.98 Å². The number of hydrogen-bond acceptors (Lipinski definition) is 7. The highest BCUT2D eigenvalue weighted by atomic mass is 32.1. The molecular formula is C24H19N3O4S. The van der Waals surface area contributed by atoms with Gasteiger partial charge in [-0.2, -0.15) is 0 Å². The molecule has 1 amide bonds. The smallest absolute Gasteiger partial charge is 0.296 e. The van der Waals surface area contributed by atoms with Gasteiger partial charge < -0.3 is 13.9 Å². The molecule has 0 radical (unpaired) electrons. The highest BCUT2D eigenvalue weighted by Gasteiger charge is 2.26. The summed E-state index contributed by atoms with van der Waals surface area (Å²) in [5.41, 5.74) is 2.02. The third-order valence-corrected chi connectivity index (χ3v) is 6.15. The van der Waals surface area contributed by atoms with Gasteiger partial charge in [-0.15, -0.1) is 0 Å². The second-order valence-corrected chi connectivity index (χ2v) is 7.98. The molecule has 0 aliphatic heterocycles. The standard InChI is InChI=1S/C24H19N3O4S/c1-29-18-10-11-19(30-2)22-21(18)26-24(32-22)27(14-16-8-5-6-12-25-16)23(28)20-13-15-7-3-4-9-17(15)31-20/h3-13H,14H2,1-2H3. The minimum atomic E-state index is -0.302. The van der Waals surface area contributed by atoms with Crippen molar-refractivity contribution in [2.45, 2.75) is 6.54 Å². The number of carbonyl (C=O) groups excluding carboxylic acids is 1. The van der Waals surface area contributed by atoms with E-state index in [1.165, 1.54) is 11.3 Å². The monoisotopic (exact) mass is 445 g/mol. The summed E-state index contributed by atoms with van der Waals surface area (Å²) in [5.74, 6) is 1.21. The second-order valence-electron chi connectivity index (χ2n) is 7.01. The third-order valence-electron chi connectivity index (χ3n) is 5.06. The zero-order valence-electron chi connectivity index (χ0n) is 17.4. The fourth-order valence-corrected chi connectivity index (χ4v) is 4.56. The van der Waals surface area contributed by atoms with Crippen molar-refractivity contribution in [2.24, 2.45) is 0 Å². The normalized spacial score (nSPS) is 11.1. The Morgan fingerprint density at radius 3 is 2.56 bits per heavy atom. The molecule has 160 valence electrons. The Morgan fingerprint density at radius 2 is 1.81 bits per heavy atom. The van der Waals surface area contributed by atoms with Crippen molar-refractivity contribution in [3.63, 3.8) is 0 Å². The van der Waals surface area contributed by atoms with E-state index in [9.17, 15) is 4.79 Å². The van der Waals surface area contributed by atoms with Crippen LogP contribution in [0.4, 0.5) is 5.13 Å². The van der Waals surface area contributed by atoms with Crippen LogP contribution in [0.3, 0.4) is 0 Å². The average molecular weight is 446 g/mol. The molecule has 3 heterocycles. The number of para-hydroxylation sites is 1. The number of nitrogens with zero attached hydrogens (tertiary/aromatic N) is 3. The molecule has 8 heteroatoms. The number of rotatable bonds is 6. The molecule has 32 heavy (non-hydrogen) atoms. The van der Waals surface area contributed by atoms with Crippen LogP contribution >= 0.6 is 11.3 Å². The van der Waals surface area contributed by atoms with E-state index in [1.54, 1.807) is 37.4 Å². The fraction of sp³-hybridized carbons (Fsp3) is 0.125. The lowest BCUT2D eigenvalue weighted by atomic mass is 10.2. The lowest BCUT2D eigenvalue weighted by Crippen LogP contribution is -2.30. The van der Waals surface area contributed by atoms with E-state index in [4.69, 9.17) is 18.9 Å². The molecule has 5 rings (SSSR count). The lowest BCUT2D eigenvalue weighted by Gasteiger charge is -2.18. The van der Waals surface area contributed by atoms with E-state index in [0.29, 0.717) is 27.7 Å². The Labute approximate surface area is 187 Å². The van der Waals surface area contributed by atoms with E-state index in [-0.39, 0.29) is 18.2 Å². The van der Waals surface area contributed by atoms with E-state index in [0.717, 1.165) is 15.8 Å². The number of hydrogen-bond donors (Lipinski definition) is 0. The highest BCUT2D eigenvalue weighted by Crippen LogP contribution is 2.40. The summed E-state index contributed by atoms with van der Waals surface area (Å²) in [4.78, 5) is 24.3. The summed E-state index contributed by atoms with van der Waals surface area (Å²) in [7, 11) is 3.19. The van der Waals surface area contributed by atoms with Crippen LogP contribution in [0.15, 0.2) is 71.3 Å². The van der Waals surface area contributed by atoms with Crippen LogP contribution in [0.2, 0.25) is 0 Å². The van der Waals surface area contributed by atoms with Gasteiger partial charge >= 0.3 is 0 Å². The van der Waals surface area contributed by atoms with E-state index < -0.39 is 0 Å². The lowest BCUT2D eigenvalue weighted by molar-refractivity contribution is 0.0960. The summed E-state index contributed by atoms with van der Waals surface area (Å²) in [6, 6.07) is 18.5. The second kappa shape index (κ2) is 8.32. The van der Waals surface area contributed by atoms with Gasteiger partial charge in [0, 0.05) is 11.6 Å². The third kappa shape index (κ3) is 3.54. The number of methoxy groups -OCH3 is 2. The molecule has 0 fully saturated rings. The molecular weight excluding hydrogens is 426 g/mol. The minimum Gasteiger partial charge on any atom is -0.495 e. The molecule has 7 nitrogen and oxygen atoms in total. The van der Waals surface area contributed by atoms with Gasteiger partial charge in [0.25, 0.3) is 5.91 Å². The first-order valence-corrected chi connectivity index (χ1v) is 10.7. The molecule has 0 atom stereocenters. The largest absolute Gasteiger partial charge is 0.495 e. The van der Waals surface area contributed by atoms with Gasteiger partial charge in [0.05, 0.1) is 26.5 Å². The molecule has 3 aromatic heterocycles. The summed E-state index contributed by atoms with van der Waals surface area (Å²) in [5, 5.41) is 1.36. The van der Waals surface area contributed by atoms with Gasteiger partial charge in [-0.25, -0.2) is 4.98 Å². The van der Waals surface area contributed by atoms with Crippen LogP contribution in [0.1, 0.15) is 16.2 Å². The summed E-state index contributed by atoms with van der Waals surface area (Å²) < 4.78 is 17.6. The number of pyridine rings is 1. The Kier molecular flexibility index (Phi) is 5.20. The van der Waals surface area contributed by atoms with Crippen molar-refractivity contribution >= 4 is 43.6 Å². The van der Waals surface area contributed by atoms with Crippen molar-refractivity contribution in [2.75, 3.05) is 19.1 Å². The number of carbonyl (C=O) groups is 1. The molecule has 0 saturated heterocycles. The number of furan rings is 1. The van der Waals surface area contributed by atoms with Crippen LogP contribution in [0, 0.1) is 0 Å². The van der Waals surface area contributed by atoms with E-state index >= 15 is 0 Å². The van der Waals surface area contributed by atoms with Crippen molar-refractivity contribution in [3.05, 3.63) is 78.3 Å². The van der Waals surface area contributed by atoms with Crippen molar-refractivity contribution in [1.82, 2.24) is 9.97 Å². The van der Waals surface area contributed by atoms with E-state index in [1.807, 2.05) is 48.5 Å². The highest BCUT2D eigenvalue weighted by molar-refractivity contribution is 7.22. The Morgan fingerprint density at radius 1 is 1.03 bits per heavy atom. The maximum atomic E-state index is 13.6. The molecule has 2 aromatic carbocycles. The average Bonchev–Trinajstić information content (AvgIpc) is 3.47. The predicted octanol–water partition coefficient (Wildman–Crippen LogP) is 5.30. The molecule has 0 aliphatic carbocycles. The molecule has 0 saturated carbocycles. The number of thiazole rings is 1. The SMILES string of the molecule is COc1ccc(OC)c2sc(N(Cc3ccccn3)C(=O)c3cc4ccccc4o3)nc12. The van der Waals surface area contributed by atoms with Crippen LogP contribution in [0.25, 0.3) is 21.2 Å². The molecule has 0 bridgehead atoms. The van der Waals surface area contributed by atoms with Gasteiger partial charge in [0.15, 0.2) is 10.9 Å². The zero-order valence-corrected chi connectivity index (χ0v) is 18.3. The van der Waals surface area contributed by atoms with Gasteiger partial charge in [0.1, 0.15) is 27.3 Å². The predicted molar refractivity (Wildman–Crippen MR) is 124 cm³/mol. The Bertz CT molecular complexity index is 1340.